The molecule has 1 unspecified atom stereocenters. The minimum atomic E-state index is -3.40. The van der Waals surface area contributed by atoms with Crippen LogP contribution in [0.1, 0.15) is 67.6 Å². The van der Waals surface area contributed by atoms with Gasteiger partial charge >= 0.3 is 6.03 Å². The molecule has 29 heavy (non-hydrogen) atoms. The number of anilines is 1. The molecular formula is C20H26N4O3S2. The van der Waals surface area contributed by atoms with E-state index in [1.165, 1.54) is 0 Å². The van der Waals surface area contributed by atoms with Crippen LogP contribution in [-0.2, 0) is 34.8 Å². The molecule has 4 N–H and O–H groups in total. The number of aromatic nitrogens is 1. The Morgan fingerprint density at radius 3 is 2.83 bits per heavy atom. The molecule has 4 rings (SSSR count). The van der Waals surface area contributed by atoms with Crippen molar-refractivity contribution in [2.24, 2.45) is 9.50 Å². The first-order valence-electron chi connectivity index (χ1n) is 9.78. The number of urea groups is 1. The van der Waals surface area contributed by atoms with Crippen molar-refractivity contribution in [1.82, 2.24) is 4.98 Å². The first-order valence-corrected chi connectivity index (χ1v) is 12.2. The number of nitrogens with two attached hydrogens (primary N) is 1. The van der Waals surface area contributed by atoms with E-state index in [0.717, 1.165) is 71.6 Å². The molecule has 2 aliphatic rings. The average Bonchev–Trinajstić information content (AvgIpc) is 3.33. The summed E-state index contributed by atoms with van der Waals surface area (Å²) in [5, 5.41) is 20.6. The number of aryl methyl sites for hydroxylation is 1. The summed E-state index contributed by atoms with van der Waals surface area (Å²) in [4.78, 5) is 17.5. The van der Waals surface area contributed by atoms with Crippen molar-refractivity contribution in [2.75, 3.05) is 5.32 Å². The van der Waals surface area contributed by atoms with Crippen LogP contribution < -0.4 is 10.5 Å². The lowest BCUT2D eigenvalue weighted by atomic mass is 10.0. The molecule has 0 aromatic carbocycles. The molecule has 7 nitrogen and oxygen atoms in total. The fraction of sp³-hybridized carbons (Fsp3) is 0.500. The number of carbonyl (C=O) groups is 1. The number of nitrogens with zero attached hydrogens (tertiary/aromatic N) is 2. The number of pyridine rings is 1. The van der Waals surface area contributed by atoms with Gasteiger partial charge in [-0.1, -0.05) is 6.92 Å². The van der Waals surface area contributed by atoms with Gasteiger partial charge in [-0.3, -0.25) is 4.98 Å². The predicted molar refractivity (Wildman–Crippen MR) is 115 cm³/mol. The molecular weight excluding hydrogens is 408 g/mol. The molecule has 9 heteroatoms. The van der Waals surface area contributed by atoms with Crippen LogP contribution in [0.3, 0.4) is 0 Å². The Hall–Kier alpha value is -1.81. The van der Waals surface area contributed by atoms with Gasteiger partial charge in [-0.25, -0.2) is 14.1 Å². The van der Waals surface area contributed by atoms with E-state index in [0.29, 0.717) is 11.5 Å². The highest BCUT2D eigenvalue weighted by Crippen LogP contribution is 2.41. The Morgan fingerprint density at radius 1 is 1.38 bits per heavy atom. The Kier molecular flexibility index (Phi) is 5.05. The number of nitrogens with one attached hydrogen (secondary N) is 1. The van der Waals surface area contributed by atoms with Gasteiger partial charge in [0.25, 0.3) is 0 Å². The van der Waals surface area contributed by atoms with Crippen LogP contribution in [0.25, 0.3) is 0 Å². The number of thiophene rings is 1. The second-order valence-electron chi connectivity index (χ2n) is 8.37. The highest BCUT2D eigenvalue weighted by Gasteiger charge is 2.30. The largest absolute Gasteiger partial charge is 0.386 e. The van der Waals surface area contributed by atoms with Gasteiger partial charge < -0.3 is 10.4 Å². The minimum absolute atomic E-state index is 0.267. The summed E-state index contributed by atoms with van der Waals surface area (Å²) < 4.78 is 17.0. The molecule has 2 aromatic rings. The third kappa shape index (κ3) is 3.84. The number of carbonyl (C=O) groups excluding carboxylic acids is 1. The van der Waals surface area contributed by atoms with Gasteiger partial charge in [0.1, 0.15) is 4.21 Å². The summed E-state index contributed by atoms with van der Waals surface area (Å²) in [6.45, 7) is 5.42. The van der Waals surface area contributed by atoms with Crippen molar-refractivity contribution < 1.29 is 14.1 Å². The van der Waals surface area contributed by atoms with Gasteiger partial charge in [0.2, 0.25) is 0 Å². The summed E-state index contributed by atoms with van der Waals surface area (Å²) in [6, 6.07) is 0.839. The lowest BCUT2D eigenvalue weighted by molar-refractivity contribution is 0.0789. The van der Waals surface area contributed by atoms with E-state index < -0.39 is 21.5 Å². The summed E-state index contributed by atoms with van der Waals surface area (Å²) >= 11 is 1.13. The fourth-order valence-corrected chi connectivity index (χ4v) is 6.32. The van der Waals surface area contributed by atoms with Crippen LogP contribution >= 0.6 is 11.3 Å². The zero-order valence-electron chi connectivity index (χ0n) is 16.8. The summed E-state index contributed by atoms with van der Waals surface area (Å²) in [5.74, 6) is 0.369. The highest BCUT2D eigenvalue weighted by molar-refractivity contribution is 7.93. The van der Waals surface area contributed by atoms with E-state index in [1.54, 1.807) is 25.3 Å². The SMILES string of the molecule is C[C@@H]1CCc2c1nc1c(c2NC(=O)N=S(N)(=O)c2cc(C(C)(C)O)cs2)CCC1. The molecule has 0 aliphatic heterocycles. The fourth-order valence-electron chi connectivity index (χ4n) is 4.04. The van der Waals surface area contributed by atoms with E-state index in [1.807, 2.05) is 0 Å². The standard InChI is InChI=1S/C20H26N4O3S2/c1-11-7-8-14-17(11)22-15-6-4-5-13(15)18(14)23-19(25)24-29(21,27)16-9-12(10-28-16)20(2,3)26/h9-11,26H,4-8H2,1-3H3,(H3,21,22,23,24,25,27)/t11-,29?/m1/s1. The maximum atomic E-state index is 12.9. The van der Waals surface area contributed by atoms with E-state index >= 15 is 0 Å². The lowest BCUT2D eigenvalue weighted by Crippen LogP contribution is -2.19. The first kappa shape index (κ1) is 20.5. The third-order valence-corrected chi connectivity index (χ3v) is 8.53. The second-order valence-corrected chi connectivity index (χ2v) is 11.3. The maximum absolute atomic E-state index is 12.9. The molecule has 2 aliphatic carbocycles. The monoisotopic (exact) mass is 434 g/mol. The molecule has 2 amide bonds. The predicted octanol–water partition coefficient (Wildman–Crippen LogP) is 3.84. The van der Waals surface area contributed by atoms with Crippen LogP contribution in [0.5, 0.6) is 0 Å². The molecule has 2 atom stereocenters. The molecule has 2 heterocycles. The Labute approximate surface area is 175 Å². The Bertz CT molecular complexity index is 1110. The van der Waals surface area contributed by atoms with Crippen LogP contribution in [0, 0.1) is 0 Å². The summed E-state index contributed by atoms with van der Waals surface area (Å²) in [6.07, 6.45) is 4.68. The van der Waals surface area contributed by atoms with Crippen molar-refractivity contribution in [3.8, 4) is 0 Å². The van der Waals surface area contributed by atoms with Crippen molar-refractivity contribution in [3.63, 3.8) is 0 Å². The number of amides is 2. The topological polar surface area (TPSA) is 118 Å². The Balaban J connectivity index is 1.66. The third-order valence-electron chi connectivity index (χ3n) is 5.67. The lowest BCUT2D eigenvalue weighted by Gasteiger charge is -2.15. The molecule has 0 spiro atoms. The maximum Gasteiger partial charge on any atom is 0.354 e. The van der Waals surface area contributed by atoms with Gasteiger partial charge in [0, 0.05) is 11.4 Å². The summed E-state index contributed by atoms with van der Waals surface area (Å²) in [5.41, 5.74) is 4.55. The Morgan fingerprint density at radius 2 is 2.14 bits per heavy atom. The first-order chi connectivity index (χ1) is 13.6. The van der Waals surface area contributed by atoms with E-state index in [2.05, 4.69) is 16.6 Å². The second kappa shape index (κ2) is 7.16. The number of hydrogen-bond donors (Lipinski definition) is 3. The summed E-state index contributed by atoms with van der Waals surface area (Å²) in [7, 11) is -3.40. The smallest absolute Gasteiger partial charge is 0.354 e. The molecule has 2 aromatic heterocycles. The number of rotatable bonds is 3. The molecule has 0 fully saturated rings. The van der Waals surface area contributed by atoms with E-state index in [-0.39, 0.29) is 4.21 Å². The van der Waals surface area contributed by atoms with Crippen LogP contribution in [0.4, 0.5) is 10.5 Å². The van der Waals surface area contributed by atoms with Crippen molar-refractivity contribution in [3.05, 3.63) is 39.5 Å². The molecule has 0 radical (unpaired) electrons. The van der Waals surface area contributed by atoms with Gasteiger partial charge in [-0.2, -0.15) is 0 Å². The average molecular weight is 435 g/mol. The molecule has 0 saturated heterocycles. The zero-order valence-corrected chi connectivity index (χ0v) is 18.5. The number of aliphatic hydroxyl groups is 1. The normalized spacial score (nSPS) is 20.1. The van der Waals surface area contributed by atoms with Gasteiger partial charge in [0.05, 0.1) is 11.3 Å². The van der Waals surface area contributed by atoms with Crippen LogP contribution in [0.2, 0.25) is 0 Å². The van der Waals surface area contributed by atoms with Gasteiger partial charge in [-0.15, -0.1) is 15.7 Å². The molecule has 0 bridgehead atoms. The zero-order chi connectivity index (χ0) is 21.0. The minimum Gasteiger partial charge on any atom is -0.386 e. The quantitative estimate of drug-likeness (QED) is 0.680. The number of hydrogen-bond acceptors (Lipinski definition) is 5. The highest BCUT2D eigenvalue weighted by atomic mass is 32.2. The van der Waals surface area contributed by atoms with Crippen LogP contribution in [0.15, 0.2) is 20.0 Å². The molecule has 0 saturated carbocycles. The number of fused-ring (bicyclic) bond motifs is 2. The van der Waals surface area contributed by atoms with E-state index in [9.17, 15) is 14.1 Å². The van der Waals surface area contributed by atoms with E-state index in [4.69, 9.17) is 10.1 Å². The van der Waals surface area contributed by atoms with Gasteiger partial charge in [0.15, 0.2) is 9.92 Å². The van der Waals surface area contributed by atoms with Crippen molar-refractivity contribution in [2.45, 2.75) is 68.6 Å². The van der Waals surface area contributed by atoms with Crippen LogP contribution in [-0.4, -0.2) is 20.3 Å². The van der Waals surface area contributed by atoms with Crippen molar-refractivity contribution >= 4 is 33.0 Å². The van der Waals surface area contributed by atoms with Gasteiger partial charge in [-0.05, 0) is 80.0 Å². The van der Waals surface area contributed by atoms with Crippen molar-refractivity contribution in [1.29, 1.82) is 0 Å². The molecule has 156 valence electrons.